The number of piperidine rings is 1. The lowest BCUT2D eigenvalue weighted by Crippen LogP contribution is -2.54. The molecule has 0 aromatic heterocycles. The fourth-order valence-electron chi connectivity index (χ4n) is 6.46. The van der Waals surface area contributed by atoms with Crippen LogP contribution >= 0.6 is 0 Å². The van der Waals surface area contributed by atoms with Crippen LogP contribution in [0.1, 0.15) is 56.4 Å². The molecule has 4 aromatic rings. The number of likely N-dealkylation sites (tertiary alicyclic amines) is 1. The smallest absolute Gasteiger partial charge is 0.192 e. The number of hydrogen-bond acceptors (Lipinski definition) is 3. The largest absolute Gasteiger partial charge is 0.412 e. The molecule has 3 atom stereocenters. The predicted molar refractivity (Wildman–Crippen MR) is 186 cm³/mol. The minimum absolute atomic E-state index is 0.155. The van der Waals surface area contributed by atoms with Gasteiger partial charge in [0.2, 0.25) is 0 Å². The molecule has 0 saturated carbocycles. The Balaban J connectivity index is 1.44. The van der Waals surface area contributed by atoms with E-state index in [1.807, 2.05) is 0 Å². The molecular weight excluding hydrogens is 555 g/mol. The monoisotopic (exact) mass is 605 g/mol. The van der Waals surface area contributed by atoms with Gasteiger partial charge >= 0.3 is 0 Å². The van der Waals surface area contributed by atoms with Gasteiger partial charge in [-0.2, -0.15) is 0 Å². The SMILES string of the molecule is CC(COC(c1ccccc1)(c1ccccc1)c1ccccc1)[C@H]1CCN(Cc2ccccc2)C[C@@H]1O[Si](C)(C)C(C)(C)C. The van der Waals surface area contributed by atoms with Crippen LogP contribution in [-0.2, 0) is 21.3 Å². The molecule has 0 N–H and O–H groups in total. The Labute approximate surface area is 267 Å². The van der Waals surface area contributed by atoms with Crippen molar-refractivity contribution >= 4 is 8.32 Å². The van der Waals surface area contributed by atoms with Gasteiger partial charge in [0.05, 0.1) is 12.7 Å². The first-order valence-electron chi connectivity index (χ1n) is 16.3. The number of rotatable bonds is 11. The molecule has 1 fully saturated rings. The molecule has 0 radical (unpaired) electrons. The normalized spacial score (nSPS) is 19.0. The summed E-state index contributed by atoms with van der Waals surface area (Å²) in [5.74, 6) is 0.732. The predicted octanol–water partition coefficient (Wildman–Crippen LogP) is 9.54. The molecule has 232 valence electrons. The molecule has 0 bridgehead atoms. The number of hydrogen-bond donors (Lipinski definition) is 0. The van der Waals surface area contributed by atoms with Crippen molar-refractivity contribution in [3.05, 3.63) is 144 Å². The standard InChI is InChI=1S/C40H51NO2Si/c1-32(37-27-28-41(29-33-19-11-7-12-20-33)30-38(37)43-44(5,6)39(2,3)4)31-42-40(34-21-13-8-14-22-34,35-23-15-9-16-24-35)36-25-17-10-18-26-36/h7-26,32,37-38H,27-31H2,1-6H3/t32?,37-,38+/m1/s1. The molecule has 1 unspecified atom stereocenters. The van der Waals surface area contributed by atoms with E-state index >= 15 is 0 Å². The van der Waals surface area contributed by atoms with Crippen LogP contribution in [-0.4, -0.2) is 39.0 Å². The van der Waals surface area contributed by atoms with E-state index in [2.05, 4.69) is 167 Å². The van der Waals surface area contributed by atoms with Crippen LogP contribution in [0.15, 0.2) is 121 Å². The van der Waals surface area contributed by atoms with Gasteiger partial charge < -0.3 is 9.16 Å². The molecule has 0 aliphatic carbocycles. The van der Waals surface area contributed by atoms with Gasteiger partial charge in [-0.25, -0.2) is 0 Å². The third kappa shape index (κ3) is 7.26. The fourth-order valence-corrected chi connectivity index (χ4v) is 7.82. The van der Waals surface area contributed by atoms with Gasteiger partial charge in [-0.3, -0.25) is 4.90 Å². The van der Waals surface area contributed by atoms with E-state index in [9.17, 15) is 0 Å². The Bertz CT molecular complexity index is 1320. The first kappa shape index (κ1) is 32.4. The lowest BCUT2D eigenvalue weighted by molar-refractivity contribution is -0.0512. The summed E-state index contributed by atoms with van der Waals surface area (Å²) in [5, 5.41) is 0.155. The first-order valence-corrected chi connectivity index (χ1v) is 19.3. The zero-order chi connectivity index (χ0) is 31.2. The van der Waals surface area contributed by atoms with Crippen LogP contribution in [0.3, 0.4) is 0 Å². The molecule has 0 spiro atoms. The zero-order valence-electron chi connectivity index (χ0n) is 27.6. The zero-order valence-corrected chi connectivity index (χ0v) is 28.6. The number of benzene rings is 4. The second-order valence-corrected chi connectivity index (χ2v) is 18.9. The molecule has 1 heterocycles. The Kier molecular flexibility index (Phi) is 10.3. The molecule has 3 nitrogen and oxygen atoms in total. The summed E-state index contributed by atoms with van der Waals surface area (Å²) in [4.78, 5) is 2.60. The topological polar surface area (TPSA) is 21.7 Å². The molecule has 1 aliphatic heterocycles. The van der Waals surface area contributed by atoms with E-state index in [1.165, 1.54) is 5.56 Å². The maximum Gasteiger partial charge on any atom is 0.192 e. The molecule has 44 heavy (non-hydrogen) atoms. The Morgan fingerprint density at radius 2 is 1.18 bits per heavy atom. The molecule has 0 amide bonds. The second-order valence-electron chi connectivity index (χ2n) is 14.2. The fraction of sp³-hybridized carbons (Fsp3) is 0.400. The molecular formula is C40H51NO2Si. The Morgan fingerprint density at radius 1 is 0.727 bits per heavy atom. The summed E-state index contributed by atoms with van der Waals surface area (Å²) in [6.07, 6.45) is 1.28. The minimum Gasteiger partial charge on any atom is -0.412 e. The van der Waals surface area contributed by atoms with Gasteiger partial charge in [0.25, 0.3) is 0 Å². The Morgan fingerprint density at radius 3 is 1.64 bits per heavy atom. The van der Waals surface area contributed by atoms with Crippen molar-refractivity contribution in [1.29, 1.82) is 0 Å². The van der Waals surface area contributed by atoms with Gasteiger partial charge in [-0.05, 0) is 65.2 Å². The maximum absolute atomic E-state index is 7.31. The van der Waals surface area contributed by atoms with E-state index in [1.54, 1.807) is 0 Å². The van der Waals surface area contributed by atoms with Crippen LogP contribution < -0.4 is 0 Å². The summed E-state index contributed by atoms with van der Waals surface area (Å²) in [5.41, 5.74) is 4.11. The highest BCUT2D eigenvalue weighted by atomic mass is 28.4. The molecule has 5 rings (SSSR count). The van der Waals surface area contributed by atoms with Gasteiger partial charge in [0.15, 0.2) is 8.32 Å². The van der Waals surface area contributed by atoms with Gasteiger partial charge in [0.1, 0.15) is 5.60 Å². The lowest BCUT2D eigenvalue weighted by atomic mass is 9.79. The highest BCUT2D eigenvalue weighted by molar-refractivity contribution is 6.74. The van der Waals surface area contributed by atoms with E-state index < -0.39 is 13.9 Å². The lowest BCUT2D eigenvalue weighted by Gasteiger charge is -2.47. The molecule has 4 aromatic carbocycles. The van der Waals surface area contributed by atoms with Crippen molar-refractivity contribution < 1.29 is 9.16 Å². The summed E-state index contributed by atoms with van der Waals surface area (Å²) < 4.78 is 14.6. The first-order chi connectivity index (χ1) is 21.1. The Hall–Kier alpha value is -3.02. The van der Waals surface area contributed by atoms with Crippen molar-refractivity contribution in [2.75, 3.05) is 19.7 Å². The van der Waals surface area contributed by atoms with Crippen LogP contribution in [0.5, 0.6) is 0 Å². The molecule has 1 saturated heterocycles. The van der Waals surface area contributed by atoms with E-state index in [0.29, 0.717) is 18.4 Å². The van der Waals surface area contributed by atoms with Gasteiger partial charge in [-0.1, -0.05) is 149 Å². The summed E-state index contributed by atoms with van der Waals surface area (Å²) in [6, 6.07) is 43.1. The second kappa shape index (κ2) is 14.0. The third-order valence-electron chi connectivity index (χ3n) is 10.0. The minimum atomic E-state index is -1.99. The van der Waals surface area contributed by atoms with Gasteiger partial charge in [-0.15, -0.1) is 0 Å². The average Bonchev–Trinajstić information content (AvgIpc) is 3.03. The third-order valence-corrected chi connectivity index (χ3v) is 14.5. The van der Waals surface area contributed by atoms with E-state index in [4.69, 9.17) is 9.16 Å². The van der Waals surface area contributed by atoms with Crippen LogP contribution in [0.4, 0.5) is 0 Å². The van der Waals surface area contributed by atoms with Crippen molar-refractivity contribution in [2.24, 2.45) is 11.8 Å². The van der Waals surface area contributed by atoms with E-state index in [-0.39, 0.29) is 11.1 Å². The highest BCUT2D eigenvalue weighted by Crippen LogP contribution is 2.43. The van der Waals surface area contributed by atoms with Crippen molar-refractivity contribution in [1.82, 2.24) is 4.90 Å². The molecule has 4 heteroatoms. The summed E-state index contributed by atoms with van der Waals surface area (Å²) >= 11 is 0. The van der Waals surface area contributed by atoms with Crippen LogP contribution in [0.25, 0.3) is 0 Å². The summed E-state index contributed by atoms with van der Waals surface area (Å²) in [7, 11) is -1.99. The van der Waals surface area contributed by atoms with E-state index in [0.717, 1.165) is 42.7 Å². The quantitative estimate of drug-likeness (QED) is 0.126. The number of nitrogens with zero attached hydrogens (tertiary/aromatic N) is 1. The maximum atomic E-state index is 7.31. The average molecular weight is 606 g/mol. The van der Waals surface area contributed by atoms with Crippen molar-refractivity contribution in [3.8, 4) is 0 Å². The summed E-state index contributed by atoms with van der Waals surface area (Å²) in [6.45, 7) is 17.8. The highest BCUT2D eigenvalue weighted by Gasteiger charge is 2.44. The van der Waals surface area contributed by atoms with Crippen molar-refractivity contribution in [3.63, 3.8) is 0 Å². The van der Waals surface area contributed by atoms with Crippen LogP contribution in [0.2, 0.25) is 18.1 Å². The van der Waals surface area contributed by atoms with Crippen LogP contribution in [0, 0.1) is 11.8 Å². The number of ether oxygens (including phenoxy) is 1. The molecule has 1 aliphatic rings. The van der Waals surface area contributed by atoms with Gasteiger partial charge in [0, 0.05) is 13.1 Å². The van der Waals surface area contributed by atoms with Crippen molar-refractivity contribution in [2.45, 2.75) is 70.5 Å².